The second kappa shape index (κ2) is 12.4. The minimum absolute atomic E-state index is 0.851. The van der Waals surface area contributed by atoms with E-state index >= 15 is 0 Å². The predicted molar refractivity (Wildman–Crippen MR) is 223 cm³/mol. The second-order valence-electron chi connectivity index (χ2n) is 14.0. The summed E-state index contributed by atoms with van der Waals surface area (Å²) in [5, 5.41) is 4.73. The van der Waals surface area contributed by atoms with Crippen LogP contribution in [0.25, 0.3) is 71.7 Å². The highest BCUT2D eigenvalue weighted by Crippen LogP contribution is 2.42. The zero-order valence-corrected chi connectivity index (χ0v) is 29.6. The molecule has 0 unspecified atom stereocenters. The summed E-state index contributed by atoms with van der Waals surface area (Å²) in [5.74, 6) is 0. The molecule has 8 aromatic carbocycles. The van der Waals surface area contributed by atoms with Gasteiger partial charge in [0.05, 0.1) is 22.1 Å². The fourth-order valence-electron chi connectivity index (χ4n) is 7.95. The summed E-state index contributed by atoms with van der Waals surface area (Å²) in [7, 11) is 0. The first kappa shape index (κ1) is 30.9. The lowest BCUT2D eigenvalue weighted by Gasteiger charge is -2.26. The quantitative estimate of drug-likeness (QED) is 0.174. The van der Waals surface area contributed by atoms with Gasteiger partial charge in [0, 0.05) is 39.3 Å². The van der Waals surface area contributed by atoms with Gasteiger partial charge in [0.15, 0.2) is 0 Å². The number of aryl methyl sites for hydroxylation is 2. The highest BCUT2D eigenvalue weighted by Gasteiger charge is 2.20. The Morgan fingerprint density at radius 1 is 0.396 bits per heavy atom. The largest absolute Gasteiger partial charge is 0.456 e. The number of fused-ring (bicyclic) bond motifs is 6. The molecule has 0 aliphatic carbocycles. The van der Waals surface area contributed by atoms with Crippen LogP contribution in [-0.4, -0.2) is 4.57 Å². The van der Waals surface area contributed by atoms with Crippen molar-refractivity contribution < 1.29 is 4.42 Å². The molecule has 3 heteroatoms. The van der Waals surface area contributed by atoms with Gasteiger partial charge in [-0.05, 0) is 109 Å². The van der Waals surface area contributed by atoms with E-state index in [0.717, 1.165) is 44.7 Å². The number of rotatable bonds is 6. The maximum atomic E-state index is 6.73. The van der Waals surface area contributed by atoms with Crippen molar-refractivity contribution in [2.45, 2.75) is 13.8 Å². The van der Waals surface area contributed by atoms with Gasteiger partial charge in [-0.25, -0.2) is 0 Å². The normalized spacial score (nSPS) is 11.6. The van der Waals surface area contributed by atoms with Gasteiger partial charge < -0.3 is 13.9 Å². The standard InChI is InChI=1S/C50H36N2O/c1-33-16-28-45-43(30-33)44-31-34(2)17-29-46(44)52(45)47-14-9-15-48-50(47)42-27-26-41(32-49(42)53-48)51(39-22-18-37(19-23-39)35-10-5-3-6-11-35)40-24-20-38(21-25-40)36-12-7-4-8-13-36/h3-32H,1-2H3. The second-order valence-corrected chi connectivity index (χ2v) is 14.0. The third kappa shape index (κ3) is 5.29. The first-order valence-corrected chi connectivity index (χ1v) is 18.2. The van der Waals surface area contributed by atoms with E-state index in [9.17, 15) is 0 Å². The molecule has 53 heavy (non-hydrogen) atoms. The van der Waals surface area contributed by atoms with E-state index < -0.39 is 0 Å². The number of aromatic nitrogens is 1. The summed E-state index contributed by atoms with van der Waals surface area (Å²) in [5.41, 5.74) is 15.7. The van der Waals surface area contributed by atoms with E-state index in [-0.39, 0.29) is 0 Å². The van der Waals surface area contributed by atoms with E-state index in [1.165, 1.54) is 55.2 Å². The maximum Gasteiger partial charge on any atom is 0.137 e. The van der Waals surface area contributed by atoms with Crippen molar-refractivity contribution >= 4 is 60.8 Å². The van der Waals surface area contributed by atoms with Crippen LogP contribution >= 0.6 is 0 Å². The number of benzene rings is 8. The Bertz CT molecular complexity index is 2790. The van der Waals surface area contributed by atoms with Crippen LogP contribution in [0.4, 0.5) is 17.1 Å². The minimum atomic E-state index is 0.851. The van der Waals surface area contributed by atoms with Gasteiger partial charge in [0.1, 0.15) is 11.2 Å². The van der Waals surface area contributed by atoms with Gasteiger partial charge in [-0.1, -0.05) is 114 Å². The number of anilines is 3. The van der Waals surface area contributed by atoms with E-state index in [1.807, 2.05) is 0 Å². The van der Waals surface area contributed by atoms with Crippen LogP contribution in [0, 0.1) is 13.8 Å². The average Bonchev–Trinajstić information content (AvgIpc) is 3.74. The molecule has 252 valence electrons. The first-order chi connectivity index (χ1) is 26.1. The Kier molecular flexibility index (Phi) is 7.26. The maximum absolute atomic E-state index is 6.73. The van der Waals surface area contributed by atoms with Gasteiger partial charge in [-0.2, -0.15) is 0 Å². The smallest absolute Gasteiger partial charge is 0.137 e. The molecule has 0 saturated carbocycles. The molecule has 0 spiro atoms. The number of furan rings is 1. The Morgan fingerprint density at radius 2 is 0.906 bits per heavy atom. The van der Waals surface area contributed by atoms with Crippen molar-refractivity contribution in [2.75, 3.05) is 4.90 Å². The van der Waals surface area contributed by atoms with Crippen LogP contribution in [0.15, 0.2) is 186 Å². The zero-order valence-electron chi connectivity index (χ0n) is 29.6. The van der Waals surface area contributed by atoms with Gasteiger partial charge in [0.25, 0.3) is 0 Å². The molecule has 2 heterocycles. The summed E-state index contributed by atoms with van der Waals surface area (Å²) in [6.07, 6.45) is 0. The van der Waals surface area contributed by atoms with Crippen molar-refractivity contribution in [1.29, 1.82) is 0 Å². The van der Waals surface area contributed by atoms with Gasteiger partial charge >= 0.3 is 0 Å². The Balaban J connectivity index is 1.13. The molecule has 0 atom stereocenters. The lowest BCUT2D eigenvalue weighted by molar-refractivity contribution is 0.669. The van der Waals surface area contributed by atoms with Crippen molar-refractivity contribution in [3.05, 3.63) is 193 Å². The molecule has 0 fully saturated rings. The number of hydrogen-bond acceptors (Lipinski definition) is 2. The molecule has 0 saturated heterocycles. The molecule has 0 bridgehead atoms. The average molecular weight is 681 g/mol. The molecule has 0 N–H and O–H groups in total. The lowest BCUT2D eigenvalue weighted by atomic mass is 10.0. The van der Waals surface area contributed by atoms with Crippen LogP contribution < -0.4 is 4.90 Å². The summed E-state index contributed by atoms with van der Waals surface area (Å²) >= 11 is 0. The number of hydrogen-bond donors (Lipinski definition) is 0. The highest BCUT2D eigenvalue weighted by atomic mass is 16.3. The summed E-state index contributed by atoms with van der Waals surface area (Å²) in [6.45, 7) is 4.33. The molecule has 2 aromatic heterocycles. The van der Waals surface area contributed by atoms with E-state index in [0.29, 0.717) is 0 Å². The minimum Gasteiger partial charge on any atom is -0.456 e. The third-order valence-electron chi connectivity index (χ3n) is 10.5. The van der Waals surface area contributed by atoms with Gasteiger partial charge in [0.2, 0.25) is 0 Å². The number of nitrogens with zero attached hydrogens (tertiary/aromatic N) is 2. The van der Waals surface area contributed by atoms with Crippen LogP contribution in [0.3, 0.4) is 0 Å². The van der Waals surface area contributed by atoms with Crippen molar-refractivity contribution in [3.8, 4) is 27.9 Å². The van der Waals surface area contributed by atoms with E-state index in [2.05, 4.69) is 205 Å². The summed E-state index contributed by atoms with van der Waals surface area (Å²) in [4.78, 5) is 2.31. The Hall–Kier alpha value is -6.84. The SMILES string of the molecule is Cc1ccc2c(c1)c1cc(C)ccc1n2-c1cccc2oc3cc(N(c4ccc(-c5ccccc5)cc4)c4ccc(-c5ccccc5)cc4)ccc3c12. The van der Waals surface area contributed by atoms with Crippen LogP contribution in [-0.2, 0) is 0 Å². The zero-order chi connectivity index (χ0) is 35.5. The molecule has 10 aromatic rings. The molecule has 0 aliphatic rings. The first-order valence-electron chi connectivity index (χ1n) is 18.2. The van der Waals surface area contributed by atoms with Crippen molar-refractivity contribution in [3.63, 3.8) is 0 Å². The van der Waals surface area contributed by atoms with Gasteiger partial charge in [-0.3, -0.25) is 0 Å². The highest BCUT2D eigenvalue weighted by molar-refractivity contribution is 6.15. The molecular formula is C50H36N2O. The Labute approximate surface area is 308 Å². The van der Waals surface area contributed by atoms with Crippen LogP contribution in [0.1, 0.15) is 11.1 Å². The van der Waals surface area contributed by atoms with Gasteiger partial charge in [-0.15, -0.1) is 0 Å². The lowest BCUT2D eigenvalue weighted by Crippen LogP contribution is -2.09. The van der Waals surface area contributed by atoms with Crippen LogP contribution in [0.2, 0.25) is 0 Å². The summed E-state index contributed by atoms with van der Waals surface area (Å²) < 4.78 is 9.14. The van der Waals surface area contributed by atoms with E-state index in [4.69, 9.17) is 4.42 Å². The molecular weight excluding hydrogens is 645 g/mol. The van der Waals surface area contributed by atoms with Crippen LogP contribution in [0.5, 0.6) is 0 Å². The van der Waals surface area contributed by atoms with Crippen molar-refractivity contribution in [2.24, 2.45) is 0 Å². The fraction of sp³-hybridized carbons (Fsp3) is 0.0400. The molecule has 0 amide bonds. The third-order valence-corrected chi connectivity index (χ3v) is 10.5. The topological polar surface area (TPSA) is 21.3 Å². The van der Waals surface area contributed by atoms with E-state index in [1.54, 1.807) is 0 Å². The molecule has 3 nitrogen and oxygen atoms in total. The fourth-order valence-corrected chi connectivity index (χ4v) is 7.95. The molecule has 10 rings (SSSR count). The summed E-state index contributed by atoms with van der Waals surface area (Å²) in [6, 6.07) is 65.3. The predicted octanol–water partition coefficient (Wildman–Crippen LogP) is 14.1. The molecule has 0 aliphatic heterocycles. The Morgan fingerprint density at radius 3 is 1.45 bits per heavy atom. The van der Waals surface area contributed by atoms with Crippen molar-refractivity contribution in [1.82, 2.24) is 4.57 Å². The molecule has 0 radical (unpaired) electrons. The monoisotopic (exact) mass is 680 g/mol.